The molecule has 94 valence electrons. The number of hydrogen-bond donors (Lipinski definition) is 1. The molecule has 1 N–H and O–H groups in total. The average Bonchev–Trinajstić information content (AvgIpc) is 2.95. The summed E-state index contributed by atoms with van der Waals surface area (Å²) in [5.74, 6) is 1.02. The van der Waals surface area contributed by atoms with Gasteiger partial charge in [-0.2, -0.15) is 0 Å². The van der Waals surface area contributed by atoms with Crippen LogP contribution >= 0.6 is 0 Å². The van der Waals surface area contributed by atoms with Crippen molar-refractivity contribution in [2.24, 2.45) is 0 Å². The number of aromatic nitrogens is 3. The molecule has 2 heterocycles. The van der Waals surface area contributed by atoms with E-state index in [0.29, 0.717) is 23.3 Å². The van der Waals surface area contributed by atoms with Gasteiger partial charge in [0.25, 0.3) is 5.89 Å². The number of ether oxygens (including phenoxy) is 1. The summed E-state index contributed by atoms with van der Waals surface area (Å²) < 4.78 is 10.5. The number of hydrogen-bond acceptors (Lipinski definition) is 5. The Labute approximate surface area is 103 Å². The fraction of sp³-hybridized carbons (Fsp3) is 0.417. The summed E-state index contributed by atoms with van der Waals surface area (Å²) in [5.41, 5.74) is 1.31. The highest BCUT2D eigenvalue weighted by atomic mass is 16.5. The van der Waals surface area contributed by atoms with Crippen molar-refractivity contribution in [2.45, 2.75) is 32.3 Å². The third-order valence-corrected chi connectivity index (χ3v) is 2.91. The van der Waals surface area contributed by atoms with Crippen LogP contribution in [0.4, 0.5) is 0 Å². The SMILES string of the molecule is Cc1[nH]ccc1C(=O)OCc1nnc(C2CC2)o1. The Balaban J connectivity index is 1.60. The van der Waals surface area contributed by atoms with Crippen molar-refractivity contribution in [2.75, 3.05) is 0 Å². The van der Waals surface area contributed by atoms with Gasteiger partial charge in [0.2, 0.25) is 5.89 Å². The molecule has 2 aromatic rings. The quantitative estimate of drug-likeness (QED) is 0.835. The number of esters is 1. The lowest BCUT2D eigenvalue weighted by atomic mass is 10.2. The first-order valence-electron chi connectivity index (χ1n) is 5.87. The van der Waals surface area contributed by atoms with Crippen LogP contribution in [-0.2, 0) is 11.3 Å². The maximum Gasteiger partial charge on any atom is 0.340 e. The van der Waals surface area contributed by atoms with E-state index >= 15 is 0 Å². The second kappa shape index (κ2) is 4.29. The molecule has 6 heteroatoms. The molecule has 1 saturated carbocycles. The number of aromatic amines is 1. The van der Waals surface area contributed by atoms with Gasteiger partial charge in [0.15, 0.2) is 6.61 Å². The van der Waals surface area contributed by atoms with Crippen LogP contribution < -0.4 is 0 Å². The molecule has 2 aromatic heterocycles. The van der Waals surface area contributed by atoms with Gasteiger partial charge < -0.3 is 14.1 Å². The second-order valence-corrected chi connectivity index (χ2v) is 4.40. The summed E-state index contributed by atoms with van der Waals surface area (Å²) in [6.07, 6.45) is 3.90. The largest absolute Gasteiger partial charge is 0.452 e. The predicted octanol–water partition coefficient (Wildman–Crippen LogP) is 1.94. The Morgan fingerprint density at radius 1 is 1.56 bits per heavy atom. The van der Waals surface area contributed by atoms with E-state index in [9.17, 15) is 4.79 Å². The molecular weight excluding hydrogens is 234 g/mol. The number of aryl methyl sites for hydroxylation is 1. The smallest absolute Gasteiger partial charge is 0.340 e. The fourth-order valence-electron chi connectivity index (χ4n) is 1.70. The zero-order valence-corrected chi connectivity index (χ0v) is 9.97. The van der Waals surface area contributed by atoms with Crippen molar-refractivity contribution in [1.29, 1.82) is 0 Å². The van der Waals surface area contributed by atoms with Crippen molar-refractivity contribution in [3.05, 3.63) is 35.3 Å². The highest BCUT2D eigenvalue weighted by Crippen LogP contribution is 2.39. The minimum Gasteiger partial charge on any atom is -0.452 e. The Morgan fingerprint density at radius 3 is 3.06 bits per heavy atom. The Kier molecular flexibility index (Phi) is 2.62. The molecule has 0 atom stereocenters. The molecule has 0 spiro atoms. The van der Waals surface area contributed by atoms with Gasteiger partial charge in [-0.05, 0) is 25.8 Å². The summed E-state index contributed by atoms with van der Waals surface area (Å²) >= 11 is 0. The molecular formula is C12H13N3O3. The first-order valence-corrected chi connectivity index (χ1v) is 5.87. The number of carbonyl (C=O) groups is 1. The van der Waals surface area contributed by atoms with E-state index in [1.165, 1.54) is 0 Å². The number of carbonyl (C=O) groups excluding carboxylic acids is 1. The maximum atomic E-state index is 11.7. The van der Waals surface area contributed by atoms with Gasteiger partial charge in [-0.3, -0.25) is 0 Å². The first-order chi connectivity index (χ1) is 8.74. The van der Waals surface area contributed by atoms with E-state index in [-0.39, 0.29) is 12.6 Å². The van der Waals surface area contributed by atoms with Crippen molar-refractivity contribution in [1.82, 2.24) is 15.2 Å². The fourth-order valence-corrected chi connectivity index (χ4v) is 1.70. The lowest BCUT2D eigenvalue weighted by molar-refractivity contribution is 0.0436. The zero-order valence-electron chi connectivity index (χ0n) is 9.97. The number of nitrogens with one attached hydrogen (secondary N) is 1. The van der Waals surface area contributed by atoms with E-state index in [4.69, 9.17) is 9.15 Å². The van der Waals surface area contributed by atoms with Gasteiger partial charge >= 0.3 is 5.97 Å². The molecule has 6 nitrogen and oxygen atoms in total. The normalized spacial score (nSPS) is 14.7. The van der Waals surface area contributed by atoms with E-state index < -0.39 is 0 Å². The predicted molar refractivity (Wildman–Crippen MR) is 60.9 cm³/mol. The minimum atomic E-state index is -0.389. The van der Waals surface area contributed by atoms with E-state index in [2.05, 4.69) is 15.2 Å². The monoisotopic (exact) mass is 247 g/mol. The zero-order chi connectivity index (χ0) is 12.5. The highest BCUT2D eigenvalue weighted by molar-refractivity contribution is 5.90. The first kappa shape index (κ1) is 11.0. The topological polar surface area (TPSA) is 81.0 Å². The molecule has 0 aliphatic heterocycles. The summed E-state index contributed by atoms with van der Waals surface area (Å²) in [4.78, 5) is 14.6. The van der Waals surface area contributed by atoms with Crippen LogP contribution in [0.1, 0.15) is 46.6 Å². The highest BCUT2D eigenvalue weighted by Gasteiger charge is 2.29. The van der Waals surface area contributed by atoms with Gasteiger partial charge in [-0.15, -0.1) is 10.2 Å². The van der Waals surface area contributed by atoms with E-state index in [1.807, 2.05) is 6.92 Å². The molecule has 0 radical (unpaired) electrons. The molecule has 0 unspecified atom stereocenters. The average molecular weight is 247 g/mol. The molecule has 1 aliphatic carbocycles. The Hall–Kier alpha value is -2.11. The lowest BCUT2D eigenvalue weighted by Gasteiger charge is -2.00. The summed E-state index contributed by atoms with van der Waals surface area (Å²) in [6, 6.07) is 1.68. The molecule has 1 fully saturated rings. The van der Waals surface area contributed by atoms with Gasteiger partial charge in [0.1, 0.15) is 0 Å². The van der Waals surface area contributed by atoms with E-state index in [1.54, 1.807) is 12.3 Å². The summed E-state index contributed by atoms with van der Waals surface area (Å²) in [6.45, 7) is 1.83. The standard InChI is InChI=1S/C12H13N3O3/c1-7-9(4-5-13-7)12(16)17-6-10-14-15-11(18-10)8-2-3-8/h4-5,8,13H,2-3,6H2,1H3. The molecule has 1 aliphatic rings. The van der Waals surface area contributed by atoms with Crippen molar-refractivity contribution in [3.63, 3.8) is 0 Å². The summed E-state index contributed by atoms with van der Waals surface area (Å²) in [5, 5.41) is 7.77. The maximum absolute atomic E-state index is 11.7. The van der Waals surface area contributed by atoms with Crippen LogP contribution in [0.5, 0.6) is 0 Å². The van der Waals surface area contributed by atoms with Crippen molar-refractivity contribution < 1.29 is 13.9 Å². The number of rotatable bonds is 4. The molecule has 18 heavy (non-hydrogen) atoms. The lowest BCUT2D eigenvalue weighted by Crippen LogP contribution is -2.05. The second-order valence-electron chi connectivity index (χ2n) is 4.40. The number of H-pyrrole nitrogens is 1. The summed E-state index contributed by atoms with van der Waals surface area (Å²) in [7, 11) is 0. The van der Waals surface area contributed by atoms with Crippen LogP contribution in [0.3, 0.4) is 0 Å². The van der Waals surface area contributed by atoms with Crippen LogP contribution in [0.15, 0.2) is 16.7 Å². The molecule has 0 aromatic carbocycles. The van der Waals surface area contributed by atoms with Crippen LogP contribution in [0.2, 0.25) is 0 Å². The van der Waals surface area contributed by atoms with Gasteiger partial charge in [0.05, 0.1) is 5.56 Å². The minimum absolute atomic E-state index is 0.0170. The third kappa shape index (κ3) is 2.13. The van der Waals surface area contributed by atoms with Crippen LogP contribution in [0, 0.1) is 6.92 Å². The van der Waals surface area contributed by atoms with Gasteiger partial charge in [-0.1, -0.05) is 0 Å². The number of nitrogens with zero attached hydrogens (tertiary/aromatic N) is 2. The molecule has 0 amide bonds. The van der Waals surface area contributed by atoms with Crippen LogP contribution in [-0.4, -0.2) is 21.2 Å². The Bertz CT molecular complexity index is 569. The molecule has 0 bridgehead atoms. The van der Waals surface area contributed by atoms with E-state index in [0.717, 1.165) is 18.5 Å². The van der Waals surface area contributed by atoms with Crippen molar-refractivity contribution >= 4 is 5.97 Å². The third-order valence-electron chi connectivity index (χ3n) is 2.91. The Morgan fingerprint density at radius 2 is 2.39 bits per heavy atom. The van der Waals surface area contributed by atoms with Gasteiger partial charge in [0, 0.05) is 17.8 Å². The molecule has 0 saturated heterocycles. The van der Waals surface area contributed by atoms with Crippen molar-refractivity contribution in [3.8, 4) is 0 Å². The molecule has 3 rings (SSSR count). The van der Waals surface area contributed by atoms with Gasteiger partial charge in [-0.25, -0.2) is 4.79 Å². The van der Waals surface area contributed by atoms with Crippen LogP contribution in [0.25, 0.3) is 0 Å².